The van der Waals surface area contributed by atoms with Gasteiger partial charge in [0.15, 0.2) is 0 Å². The molecule has 1 saturated heterocycles. The molecule has 1 aromatic heterocycles. The average Bonchev–Trinajstić information content (AvgIpc) is 3.02. The molecule has 0 radical (unpaired) electrons. The van der Waals surface area contributed by atoms with Crippen LogP contribution in [0.1, 0.15) is 56.1 Å². The molecule has 2 heterocycles. The number of aliphatic carboxylic acids is 1. The smallest absolute Gasteiger partial charge is 0.311 e. The molecular formula is C16H25N3O3. The van der Waals surface area contributed by atoms with Gasteiger partial charge in [0.25, 0.3) is 5.91 Å². The third-order valence-corrected chi connectivity index (χ3v) is 4.75. The minimum absolute atomic E-state index is 0.0127. The van der Waals surface area contributed by atoms with Crippen LogP contribution in [0.15, 0.2) is 6.20 Å². The van der Waals surface area contributed by atoms with Gasteiger partial charge in [-0.25, -0.2) is 0 Å². The Morgan fingerprint density at radius 1 is 1.32 bits per heavy atom. The van der Waals surface area contributed by atoms with Crippen molar-refractivity contribution in [3.8, 4) is 0 Å². The Bertz CT molecular complexity index is 591. The van der Waals surface area contributed by atoms with Crippen LogP contribution in [0.25, 0.3) is 0 Å². The maximum Gasteiger partial charge on any atom is 0.311 e. The first kappa shape index (κ1) is 16.5. The van der Waals surface area contributed by atoms with E-state index in [0.717, 1.165) is 5.69 Å². The summed E-state index contributed by atoms with van der Waals surface area (Å²) in [6, 6.07) is 0. The molecule has 1 fully saturated rings. The zero-order chi connectivity index (χ0) is 16.7. The topological polar surface area (TPSA) is 75.4 Å². The largest absolute Gasteiger partial charge is 0.481 e. The van der Waals surface area contributed by atoms with Gasteiger partial charge < -0.3 is 10.0 Å². The lowest BCUT2D eigenvalue weighted by Gasteiger charge is -2.28. The Hall–Kier alpha value is -1.85. The first-order chi connectivity index (χ1) is 10.2. The van der Waals surface area contributed by atoms with Crippen molar-refractivity contribution in [1.82, 2.24) is 14.7 Å². The highest BCUT2D eigenvalue weighted by molar-refractivity contribution is 5.96. The highest BCUT2D eigenvalue weighted by atomic mass is 16.4. The second-order valence-electron chi connectivity index (χ2n) is 6.85. The number of carbonyl (C=O) groups excluding carboxylic acids is 1. The molecule has 0 spiro atoms. The van der Waals surface area contributed by atoms with E-state index in [1.165, 1.54) is 0 Å². The van der Waals surface area contributed by atoms with E-state index >= 15 is 0 Å². The SMILES string of the molecule is CC(C)c1nn(C)cc1C(=O)N1CCC(C(=O)O)(C(C)C)C1. The highest BCUT2D eigenvalue weighted by Gasteiger charge is 2.48. The number of rotatable bonds is 4. The van der Waals surface area contributed by atoms with Gasteiger partial charge in [-0.3, -0.25) is 14.3 Å². The molecule has 2 rings (SSSR count). The molecule has 0 aliphatic carbocycles. The van der Waals surface area contributed by atoms with Crippen molar-refractivity contribution < 1.29 is 14.7 Å². The van der Waals surface area contributed by atoms with Gasteiger partial charge in [0.05, 0.1) is 16.7 Å². The third-order valence-electron chi connectivity index (χ3n) is 4.75. The summed E-state index contributed by atoms with van der Waals surface area (Å²) in [4.78, 5) is 26.2. The standard InChI is InChI=1S/C16H25N3O3/c1-10(2)13-12(8-18(5)17-13)14(20)19-7-6-16(9-19,11(3)4)15(21)22/h8,10-11H,6-7,9H2,1-5H3,(H,21,22). The van der Waals surface area contributed by atoms with Crippen LogP contribution in [-0.4, -0.2) is 44.8 Å². The molecule has 1 N–H and O–H groups in total. The molecule has 0 aromatic carbocycles. The molecule has 0 saturated carbocycles. The predicted octanol–water partition coefficient (Wildman–Crippen LogP) is 2.12. The maximum absolute atomic E-state index is 12.8. The summed E-state index contributed by atoms with van der Waals surface area (Å²) in [6.07, 6.45) is 2.23. The van der Waals surface area contributed by atoms with Crippen LogP contribution in [0.2, 0.25) is 0 Å². The van der Waals surface area contributed by atoms with Crippen LogP contribution in [0.4, 0.5) is 0 Å². The predicted molar refractivity (Wildman–Crippen MR) is 82.7 cm³/mol. The first-order valence-corrected chi connectivity index (χ1v) is 7.75. The molecule has 22 heavy (non-hydrogen) atoms. The number of aromatic nitrogens is 2. The third kappa shape index (κ3) is 2.62. The zero-order valence-corrected chi connectivity index (χ0v) is 14.0. The quantitative estimate of drug-likeness (QED) is 0.924. The molecule has 1 unspecified atom stereocenters. The molecule has 122 valence electrons. The lowest BCUT2D eigenvalue weighted by atomic mass is 9.76. The summed E-state index contributed by atoms with van der Waals surface area (Å²) in [6.45, 7) is 8.57. The maximum atomic E-state index is 12.8. The average molecular weight is 307 g/mol. The number of amides is 1. The monoisotopic (exact) mass is 307 g/mol. The number of hydrogen-bond acceptors (Lipinski definition) is 3. The zero-order valence-electron chi connectivity index (χ0n) is 14.0. The van der Waals surface area contributed by atoms with Crippen LogP contribution in [0, 0.1) is 11.3 Å². The highest BCUT2D eigenvalue weighted by Crippen LogP contribution is 2.39. The summed E-state index contributed by atoms with van der Waals surface area (Å²) < 4.78 is 1.64. The van der Waals surface area contributed by atoms with Crippen LogP contribution in [0.3, 0.4) is 0 Å². The molecule has 6 nitrogen and oxygen atoms in total. The lowest BCUT2D eigenvalue weighted by molar-refractivity contribution is -0.150. The number of carboxylic acid groups (broad SMARTS) is 1. The minimum Gasteiger partial charge on any atom is -0.481 e. The number of nitrogens with zero attached hydrogens (tertiary/aromatic N) is 3. The second-order valence-corrected chi connectivity index (χ2v) is 6.85. The van der Waals surface area contributed by atoms with Gasteiger partial charge >= 0.3 is 5.97 Å². The van der Waals surface area contributed by atoms with Crippen molar-refractivity contribution in [3.63, 3.8) is 0 Å². The van der Waals surface area contributed by atoms with E-state index in [1.807, 2.05) is 27.7 Å². The first-order valence-electron chi connectivity index (χ1n) is 7.75. The molecule has 0 bridgehead atoms. The number of hydrogen-bond donors (Lipinski definition) is 1. The van der Waals surface area contributed by atoms with E-state index in [2.05, 4.69) is 5.10 Å². The fourth-order valence-electron chi connectivity index (χ4n) is 3.17. The van der Waals surface area contributed by atoms with Crippen LogP contribution in [0.5, 0.6) is 0 Å². The van der Waals surface area contributed by atoms with Gasteiger partial charge in [-0.05, 0) is 18.3 Å². The molecule has 1 atom stereocenters. The fraction of sp³-hybridized carbons (Fsp3) is 0.688. The van der Waals surface area contributed by atoms with Crippen molar-refractivity contribution >= 4 is 11.9 Å². The lowest BCUT2D eigenvalue weighted by Crippen LogP contribution is -2.40. The van der Waals surface area contributed by atoms with E-state index < -0.39 is 11.4 Å². The molecule has 6 heteroatoms. The van der Waals surface area contributed by atoms with E-state index in [0.29, 0.717) is 18.5 Å². The van der Waals surface area contributed by atoms with Crippen molar-refractivity contribution in [2.45, 2.75) is 40.0 Å². The Labute approximate surface area is 131 Å². The van der Waals surface area contributed by atoms with Gasteiger partial charge in [0.2, 0.25) is 0 Å². The summed E-state index contributed by atoms with van der Waals surface area (Å²) >= 11 is 0. The Balaban J connectivity index is 2.28. The molecule has 1 aromatic rings. The van der Waals surface area contributed by atoms with Crippen molar-refractivity contribution in [3.05, 3.63) is 17.5 Å². The number of carboxylic acids is 1. The number of likely N-dealkylation sites (tertiary alicyclic amines) is 1. The minimum atomic E-state index is -0.837. The van der Waals surface area contributed by atoms with Crippen LogP contribution < -0.4 is 0 Å². The van der Waals surface area contributed by atoms with E-state index in [9.17, 15) is 14.7 Å². The summed E-state index contributed by atoms with van der Waals surface area (Å²) in [5.74, 6) is -0.785. The van der Waals surface area contributed by atoms with Gasteiger partial charge in [0.1, 0.15) is 0 Å². The summed E-state index contributed by atoms with van der Waals surface area (Å²) in [5, 5.41) is 14.0. The summed E-state index contributed by atoms with van der Waals surface area (Å²) in [5.41, 5.74) is 0.517. The molecule has 1 amide bonds. The fourth-order valence-corrected chi connectivity index (χ4v) is 3.17. The van der Waals surface area contributed by atoms with Crippen LogP contribution in [-0.2, 0) is 11.8 Å². The van der Waals surface area contributed by atoms with Gasteiger partial charge in [-0.15, -0.1) is 0 Å². The molecule has 1 aliphatic rings. The number of aryl methyl sites for hydroxylation is 1. The molecule has 1 aliphatic heterocycles. The molecular weight excluding hydrogens is 282 g/mol. The normalized spacial score (nSPS) is 21.9. The van der Waals surface area contributed by atoms with Crippen molar-refractivity contribution in [2.24, 2.45) is 18.4 Å². The van der Waals surface area contributed by atoms with E-state index in [4.69, 9.17) is 0 Å². The number of carbonyl (C=O) groups is 2. The van der Waals surface area contributed by atoms with Gasteiger partial charge in [-0.2, -0.15) is 5.10 Å². The van der Waals surface area contributed by atoms with Crippen LogP contribution >= 0.6 is 0 Å². The Kier molecular flexibility index (Phi) is 4.31. The second kappa shape index (κ2) is 5.74. The Morgan fingerprint density at radius 2 is 1.95 bits per heavy atom. The van der Waals surface area contributed by atoms with Gasteiger partial charge in [0, 0.05) is 26.3 Å². The van der Waals surface area contributed by atoms with E-state index in [-0.39, 0.29) is 24.3 Å². The van der Waals surface area contributed by atoms with Gasteiger partial charge in [-0.1, -0.05) is 27.7 Å². The summed E-state index contributed by atoms with van der Waals surface area (Å²) in [7, 11) is 1.79. The van der Waals surface area contributed by atoms with E-state index in [1.54, 1.807) is 22.8 Å². The Morgan fingerprint density at radius 3 is 2.41 bits per heavy atom. The van der Waals surface area contributed by atoms with Crippen molar-refractivity contribution in [1.29, 1.82) is 0 Å². The van der Waals surface area contributed by atoms with Crippen molar-refractivity contribution in [2.75, 3.05) is 13.1 Å².